The normalized spacial score (nSPS) is 11.0. The number of thiocarbonyl (C=S) groups is 2. The lowest BCUT2D eigenvalue weighted by atomic mass is 9.88. The number of benzene rings is 4. The molecule has 0 spiro atoms. The van der Waals surface area contributed by atoms with E-state index >= 15 is 0 Å². The highest BCUT2D eigenvalue weighted by molar-refractivity contribution is 7.80. The fraction of sp³-hybridized carbons (Fsp3) is 0.366. The van der Waals surface area contributed by atoms with Crippen LogP contribution >= 0.6 is 24.4 Å². The first-order valence-corrected chi connectivity index (χ1v) is 18.7. The van der Waals surface area contributed by atoms with Crippen molar-refractivity contribution in [1.82, 2.24) is 31.9 Å². The highest BCUT2D eigenvalue weighted by atomic mass is 32.1. The zero-order chi connectivity index (χ0) is 34.2. The van der Waals surface area contributed by atoms with Gasteiger partial charge in [-0.25, -0.2) is 0 Å². The highest BCUT2D eigenvalue weighted by Crippen LogP contribution is 2.28. The molecule has 6 nitrogen and oxygen atoms in total. The summed E-state index contributed by atoms with van der Waals surface area (Å²) < 4.78 is 0. The van der Waals surface area contributed by atoms with E-state index < -0.39 is 0 Å². The first-order valence-electron chi connectivity index (χ1n) is 17.9. The molecule has 4 aromatic carbocycles. The van der Waals surface area contributed by atoms with Crippen molar-refractivity contribution in [1.29, 1.82) is 0 Å². The van der Waals surface area contributed by atoms with Crippen molar-refractivity contribution in [3.63, 3.8) is 0 Å². The molecule has 0 radical (unpaired) electrons. The van der Waals surface area contributed by atoms with Gasteiger partial charge in [0.05, 0.1) is 0 Å². The summed E-state index contributed by atoms with van der Waals surface area (Å²) in [5.41, 5.74) is 5.35. The molecule has 0 saturated carbocycles. The largest absolute Gasteiger partial charge is 0.363 e. The second-order valence-electron chi connectivity index (χ2n) is 12.3. The molecule has 4 aromatic rings. The average molecular weight is 695 g/mol. The van der Waals surface area contributed by atoms with Gasteiger partial charge >= 0.3 is 0 Å². The summed E-state index contributed by atoms with van der Waals surface area (Å²) in [5.74, 6) is 0.701. The van der Waals surface area contributed by atoms with E-state index in [1.165, 1.54) is 22.3 Å². The van der Waals surface area contributed by atoms with Crippen LogP contribution in [-0.2, 0) is 0 Å². The molecule has 49 heavy (non-hydrogen) atoms. The highest BCUT2D eigenvalue weighted by Gasteiger charge is 2.15. The third-order valence-corrected chi connectivity index (χ3v) is 9.16. The lowest BCUT2D eigenvalue weighted by molar-refractivity contribution is 0.571. The third-order valence-electron chi connectivity index (χ3n) is 8.58. The molecule has 0 saturated heterocycles. The molecule has 8 heteroatoms. The molecular weight excluding hydrogens is 641 g/mol. The molecule has 260 valence electrons. The Morgan fingerprint density at radius 2 is 0.633 bits per heavy atom. The summed E-state index contributed by atoms with van der Waals surface area (Å²) >= 11 is 11.1. The zero-order valence-electron chi connectivity index (χ0n) is 28.7. The molecule has 0 atom stereocenters. The zero-order valence-corrected chi connectivity index (χ0v) is 30.3. The number of rotatable bonds is 22. The Hall–Kier alpha value is -3.82. The van der Waals surface area contributed by atoms with Gasteiger partial charge in [-0.3, -0.25) is 0 Å². The summed E-state index contributed by atoms with van der Waals surface area (Å²) in [7, 11) is 0. The van der Waals surface area contributed by atoms with Crippen molar-refractivity contribution in [2.45, 2.75) is 43.9 Å². The second-order valence-corrected chi connectivity index (χ2v) is 13.1. The molecule has 0 amide bonds. The van der Waals surface area contributed by atoms with Gasteiger partial charge in [-0.15, -0.1) is 0 Å². The SMILES string of the molecule is S=C(NCCCNCCCNCCCNC(=S)NCCC(c1ccccc1)c1ccccc1)NCCC(c1ccccc1)c1ccccc1. The summed E-state index contributed by atoms with van der Waals surface area (Å²) in [4.78, 5) is 0. The van der Waals surface area contributed by atoms with Crippen LogP contribution in [0.5, 0.6) is 0 Å². The van der Waals surface area contributed by atoms with E-state index in [0.29, 0.717) is 11.8 Å². The van der Waals surface area contributed by atoms with Gasteiger partial charge in [0.1, 0.15) is 0 Å². The molecule has 0 aliphatic carbocycles. The Morgan fingerprint density at radius 3 is 0.939 bits per heavy atom. The molecule has 0 heterocycles. The first kappa shape index (κ1) is 38.0. The number of hydrogen-bond acceptors (Lipinski definition) is 4. The van der Waals surface area contributed by atoms with Crippen molar-refractivity contribution < 1.29 is 0 Å². The lowest BCUT2D eigenvalue weighted by Gasteiger charge is -2.19. The van der Waals surface area contributed by atoms with E-state index in [-0.39, 0.29) is 0 Å². The molecule has 0 aliphatic rings. The van der Waals surface area contributed by atoms with E-state index in [9.17, 15) is 0 Å². The van der Waals surface area contributed by atoms with Crippen LogP contribution in [0.2, 0.25) is 0 Å². The quantitative estimate of drug-likeness (QED) is 0.0401. The van der Waals surface area contributed by atoms with Crippen LogP contribution in [0.1, 0.15) is 66.2 Å². The van der Waals surface area contributed by atoms with Gasteiger partial charge in [0.15, 0.2) is 10.2 Å². The maximum atomic E-state index is 5.53. The van der Waals surface area contributed by atoms with E-state index in [1.807, 2.05) is 0 Å². The van der Waals surface area contributed by atoms with E-state index in [0.717, 1.165) is 94.7 Å². The van der Waals surface area contributed by atoms with Crippen molar-refractivity contribution in [3.8, 4) is 0 Å². The first-order chi connectivity index (χ1) is 24.2. The molecule has 0 bridgehead atoms. The predicted octanol–water partition coefficient (Wildman–Crippen LogP) is 6.71. The maximum Gasteiger partial charge on any atom is 0.166 e. The number of nitrogens with one attached hydrogen (secondary N) is 6. The van der Waals surface area contributed by atoms with E-state index in [1.54, 1.807) is 0 Å². The fourth-order valence-corrected chi connectivity index (χ4v) is 6.41. The minimum atomic E-state index is 0.350. The molecular formula is C41H54N6S2. The Kier molecular flexibility index (Phi) is 18.2. The van der Waals surface area contributed by atoms with E-state index in [2.05, 4.69) is 153 Å². The topological polar surface area (TPSA) is 72.2 Å². The standard InChI is InChI=1S/C41H54N6S2/c48-40(46-32-24-38(34-16-5-1-6-17-34)35-18-7-2-8-19-35)44-30-14-28-42-26-13-27-43-29-15-31-45-41(49)47-33-25-39(36-20-9-3-10-21-36)37-22-11-4-12-23-37/h1-12,16-23,38-39,42-43H,13-15,24-33H2,(H2,44,46,48)(H2,45,47,49). The van der Waals surface area contributed by atoms with Crippen molar-refractivity contribution in [2.75, 3.05) is 52.4 Å². The van der Waals surface area contributed by atoms with E-state index in [4.69, 9.17) is 24.4 Å². The minimum absolute atomic E-state index is 0.350. The summed E-state index contributed by atoms with van der Waals surface area (Å²) in [5, 5.41) is 22.0. The Labute approximate surface area is 305 Å². The molecule has 6 N–H and O–H groups in total. The molecule has 4 rings (SSSR count). The minimum Gasteiger partial charge on any atom is -0.363 e. The fourth-order valence-electron chi connectivity index (χ4n) is 6.00. The van der Waals surface area contributed by atoms with Crippen LogP contribution in [0.4, 0.5) is 0 Å². The third kappa shape index (κ3) is 15.1. The van der Waals surface area contributed by atoms with Crippen LogP contribution in [0, 0.1) is 0 Å². The Balaban J connectivity index is 0.942. The van der Waals surface area contributed by atoms with Gasteiger partial charge in [0.25, 0.3) is 0 Å². The van der Waals surface area contributed by atoms with Crippen molar-refractivity contribution >= 4 is 34.7 Å². The van der Waals surface area contributed by atoms with Gasteiger partial charge in [-0.05, 0) is 105 Å². The van der Waals surface area contributed by atoms with Crippen molar-refractivity contribution in [2.24, 2.45) is 0 Å². The van der Waals surface area contributed by atoms with Crippen LogP contribution in [0.15, 0.2) is 121 Å². The molecule has 0 aromatic heterocycles. The molecule has 0 unspecified atom stereocenters. The van der Waals surface area contributed by atoms with Gasteiger partial charge in [0, 0.05) is 38.0 Å². The summed E-state index contributed by atoms with van der Waals surface area (Å²) in [6.45, 7) is 7.36. The monoisotopic (exact) mass is 694 g/mol. The summed E-state index contributed by atoms with van der Waals surface area (Å²) in [6.07, 6.45) is 5.14. The second kappa shape index (κ2) is 23.5. The van der Waals surface area contributed by atoms with Gasteiger partial charge < -0.3 is 31.9 Å². The van der Waals surface area contributed by atoms with Gasteiger partial charge in [0.2, 0.25) is 0 Å². The van der Waals surface area contributed by atoms with Gasteiger partial charge in [-0.2, -0.15) is 0 Å². The smallest absolute Gasteiger partial charge is 0.166 e. The lowest BCUT2D eigenvalue weighted by Crippen LogP contribution is -2.37. The average Bonchev–Trinajstić information content (AvgIpc) is 3.15. The summed E-state index contributed by atoms with van der Waals surface area (Å²) in [6, 6.07) is 42.9. The van der Waals surface area contributed by atoms with Crippen LogP contribution < -0.4 is 31.9 Å². The molecule has 0 fully saturated rings. The van der Waals surface area contributed by atoms with Crippen molar-refractivity contribution in [3.05, 3.63) is 144 Å². The van der Waals surface area contributed by atoms with Crippen LogP contribution in [-0.4, -0.2) is 62.6 Å². The predicted molar refractivity (Wildman–Crippen MR) is 215 cm³/mol. The molecule has 0 aliphatic heterocycles. The van der Waals surface area contributed by atoms with Gasteiger partial charge in [-0.1, -0.05) is 121 Å². The maximum absolute atomic E-state index is 5.53. The Bertz CT molecular complexity index is 1250. The number of hydrogen-bond donors (Lipinski definition) is 6. The Morgan fingerprint density at radius 1 is 0.367 bits per heavy atom. The van der Waals surface area contributed by atoms with Crippen LogP contribution in [0.25, 0.3) is 0 Å². The van der Waals surface area contributed by atoms with Crippen LogP contribution in [0.3, 0.4) is 0 Å².